The van der Waals surface area contributed by atoms with E-state index < -0.39 is 0 Å². The zero-order valence-corrected chi connectivity index (χ0v) is 11.7. The van der Waals surface area contributed by atoms with Gasteiger partial charge in [0, 0.05) is 24.6 Å². The summed E-state index contributed by atoms with van der Waals surface area (Å²) in [4.78, 5) is 12.9. The normalized spacial score (nSPS) is 10.6. The van der Waals surface area contributed by atoms with Gasteiger partial charge in [-0.25, -0.2) is 9.97 Å². The molecule has 0 saturated carbocycles. The monoisotopic (exact) mass is 308 g/mol. The van der Waals surface area contributed by atoms with Gasteiger partial charge in [-0.3, -0.25) is 4.98 Å². The predicted molar refractivity (Wildman–Crippen MR) is 72.8 cm³/mol. The number of nitrogen functional groups attached to an aromatic ring is 1. The van der Waals surface area contributed by atoms with Gasteiger partial charge in [-0.05, 0) is 35.0 Å². The molecule has 6 heteroatoms. The van der Waals surface area contributed by atoms with Crippen molar-refractivity contribution in [1.82, 2.24) is 15.0 Å². The Bertz CT molecular complexity index is 557. The summed E-state index contributed by atoms with van der Waals surface area (Å²) in [5.41, 5.74) is 8.34. The van der Waals surface area contributed by atoms with Crippen molar-refractivity contribution in [1.29, 1.82) is 0 Å². The molecule has 0 fully saturated rings. The van der Waals surface area contributed by atoms with Gasteiger partial charge >= 0.3 is 0 Å². The number of hydrogen-bond donors (Lipinski definition) is 1. The Balaban J connectivity index is 2.48. The highest BCUT2D eigenvalue weighted by Gasteiger charge is 2.11. The highest BCUT2D eigenvalue weighted by Crippen LogP contribution is 2.25. The highest BCUT2D eigenvalue weighted by atomic mass is 79.9. The molecule has 2 aromatic heterocycles. The second kappa shape index (κ2) is 5.41. The topological polar surface area (TPSA) is 73.9 Å². The van der Waals surface area contributed by atoms with Crippen molar-refractivity contribution in [2.75, 3.05) is 12.8 Å². The third-order valence-corrected chi connectivity index (χ3v) is 3.26. The van der Waals surface area contributed by atoms with Gasteiger partial charge in [-0.2, -0.15) is 0 Å². The van der Waals surface area contributed by atoms with E-state index in [1.807, 2.05) is 19.1 Å². The van der Waals surface area contributed by atoms with Crippen LogP contribution in [0.15, 0.2) is 22.8 Å². The summed E-state index contributed by atoms with van der Waals surface area (Å²) in [6, 6.07) is 3.83. The van der Waals surface area contributed by atoms with Crippen LogP contribution < -0.4 is 5.73 Å². The van der Waals surface area contributed by atoms with E-state index in [9.17, 15) is 0 Å². The molecule has 18 heavy (non-hydrogen) atoms. The Labute approximate surface area is 114 Å². The molecule has 2 rings (SSSR count). The molecule has 0 radical (unpaired) electrons. The van der Waals surface area contributed by atoms with Crippen molar-refractivity contribution in [2.45, 2.75) is 13.5 Å². The van der Waals surface area contributed by atoms with Crippen molar-refractivity contribution in [3.63, 3.8) is 0 Å². The van der Waals surface area contributed by atoms with Gasteiger partial charge in [-0.1, -0.05) is 0 Å². The first-order chi connectivity index (χ1) is 8.61. The predicted octanol–water partition coefficient (Wildman–Crippen LogP) is 2.34. The van der Waals surface area contributed by atoms with Crippen molar-refractivity contribution in [3.8, 4) is 11.4 Å². The number of aromatic nitrogens is 3. The molecule has 0 unspecified atom stereocenters. The molecule has 0 amide bonds. The van der Waals surface area contributed by atoms with Gasteiger partial charge in [0.25, 0.3) is 0 Å². The fraction of sp³-hybridized carbons (Fsp3) is 0.250. The Kier molecular flexibility index (Phi) is 3.88. The van der Waals surface area contributed by atoms with E-state index in [1.54, 1.807) is 13.3 Å². The standard InChI is InChI=1S/C12H13BrN4O/c1-7-3-4-8(5-15-7)12-16-9(6-18-2)10(13)11(14)17-12/h3-5H,6H2,1-2H3,(H2,14,16,17). The summed E-state index contributed by atoms with van der Waals surface area (Å²) in [5, 5.41) is 0. The van der Waals surface area contributed by atoms with Gasteiger partial charge in [0.2, 0.25) is 0 Å². The van der Waals surface area contributed by atoms with E-state index in [2.05, 4.69) is 30.9 Å². The molecule has 0 atom stereocenters. The second-order valence-corrected chi connectivity index (χ2v) is 4.61. The summed E-state index contributed by atoms with van der Waals surface area (Å²) in [6.07, 6.45) is 1.73. The van der Waals surface area contributed by atoms with Crippen molar-refractivity contribution < 1.29 is 4.74 Å². The molecule has 0 aliphatic carbocycles. The van der Waals surface area contributed by atoms with Crippen LogP contribution >= 0.6 is 15.9 Å². The van der Waals surface area contributed by atoms with Crippen LogP contribution in [0.3, 0.4) is 0 Å². The Morgan fingerprint density at radius 3 is 2.72 bits per heavy atom. The minimum Gasteiger partial charge on any atom is -0.383 e. The van der Waals surface area contributed by atoms with Gasteiger partial charge in [0.1, 0.15) is 5.82 Å². The fourth-order valence-corrected chi connectivity index (χ4v) is 1.77. The molecule has 2 aromatic rings. The van der Waals surface area contributed by atoms with Crippen LogP contribution in [0.2, 0.25) is 0 Å². The Hall–Kier alpha value is -1.53. The van der Waals surface area contributed by atoms with Crippen LogP contribution in [0.25, 0.3) is 11.4 Å². The number of anilines is 1. The van der Waals surface area contributed by atoms with E-state index in [-0.39, 0.29) is 0 Å². The maximum absolute atomic E-state index is 5.85. The van der Waals surface area contributed by atoms with Crippen LogP contribution in [-0.4, -0.2) is 22.1 Å². The number of rotatable bonds is 3. The third-order valence-electron chi connectivity index (χ3n) is 2.40. The average molecular weight is 309 g/mol. The molecule has 2 heterocycles. The zero-order valence-electron chi connectivity index (χ0n) is 10.1. The van der Waals surface area contributed by atoms with Crippen LogP contribution in [0.5, 0.6) is 0 Å². The number of ether oxygens (including phenoxy) is 1. The first-order valence-electron chi connectivity index (χ1n) is 5.35. The molecule has 94 valence electrons. The quantitative estimate of drug-likeness (QED) is 0.942. The Morgan fingerprint density at radius 2 is 2.11 bits per heavy atom. The third kappa shape index (κ3) is 2.65. The smallest absolute Gasteiger partial charge is 0.163 e. The molecular weight excluding hydrogens is 296 g/mol. The minimum atomic E-state index is 0.375. The van der Waals surface area contributed by atoms with Gasteiger partial charge in [0.05, 0.1) is 16.8 Å². The fourth-order valence-electron chi connectivity index (χ4n) is 1.47. The minimum absolute atomic E-state index is 0.375. The number of nitrogens with two attached hydrogens (primary N) is 1. The summed E-state index contributed by atoms with van der Waals surface area (Å²) < 4.78 is 5.76. The lowest BCUT2D eigenvalue weighted by molar-refractivity contribution is 0.181. The number of hydrogen-bond acceptors (Lipinski definition) is 5. The van der Waals surface area contributed by atoms with Gasteiger partial charge in [0.15, 0.2) is 5.82 Å². The lowest BCUT2D eigenvalue weighted by Gasteiger charge is -2.08. The van der Waals surface area contributed by atoms with Crippen LogP contribution in [0, 0.1) is 6.92 Å². The van der Waals surface area contributed by atoms with E-state index in [0.29, 0.717) is 22.7 Å². The van der Waals surface area contributed by atoms with Crippen LogP contribution in [0.1, 0.15) is 11.4 Å². The van der Waals surface area contributed by atoms with Crippen molar-refractivity contribution >= 4 is 21.7 Å². The van der Waals surface area contributed by atoms with E-state index in [0.717, 1.165) is 17.0 Å². The number of aryl methyl sites for hydroxylation is 1. The molecule has 0 aromatic carbocycles. The number of pyridine rings is 1. The Morgan fingerprint density at radius 1 is 1.33 bits per heavy atom. The molecule has 2 N–H and O–H groups in total. The number of methoxy groups -OCH3 is 1. The summed E-state index contributed by atoms with van der Waals surface area (Å²) in [6.45, 7) is 2.30. The molecular formula is C12H13BrN4O. The lowest BCUT2D eigenvalue weighted by Crippen LogP contribution is -2.04. The zero-order chi connectivity index (χ0) is 13.1. The second-order valence-electron chi connectivity index (χ2n) is 3.81. The van der Waals surface area contributed by atoms with E-state index in [1.165, 1.54) is 0 Å². The van der Waals surface area contributed by atoms with Crippen molar-refractivity contribution in [3.05, 3.63) is 34.2 Å². The molecule has 0 spiro atoms. The summed E-state index contributed by atoms with van der Waals surface area (Å²) in [5.74, 6) is 0.947. The van der Waals surface area contributed by atoms with Gasteiger partial charge in [-0.15, -0.1) is 0 Å². The first-order valence-corrected chi connectivity index (χ1v) is 6.15. The SMILES string of the molecule is COCc1nc(-c2ccc(C)nc2)nc(N)c1Br. The molecule has 0 aliphatic rings. The molecule has 0 bridgehead atoms. The van der Waals surface area contributed by atoms with E-state index >= 15 is 0 Å². The maximum Gasteiger partial charge on any atom is 0.163 e. The molecule has 5 nitrogen and oxygen atoms in total. The molecule has 0 saturated heterocycles. The number of halogens is 1. The van der Waals surface area contributed by atoms with Gasteiger partial charge < -0.3 is 10.5 Å². The van der Waals surface area contributed by atoms with Crippen LogP contribution in [-0.2, 0) is 11.3 Å². The maximum atomic E-state index is 5.85. The highest BCUT2D eigenvalue weighted by molar-refractivity contribution is 9.10. The molecule has 0 aliphatic heterocycles. The van der Waals surface area contributed by atoms with Crippen molar-refractivity contribution in [2.24, 2.45) is 0 Å². The lowest BCUT2D eigenvalue weighted by atomic mass is 10.2. The van der Waals surface area contributed by atoms with E-state index in [4.69, 9.17) is 10.5 Å². The largest absolute Gasteiger partial charge is 0.383 e. The number of nitrogens with zero attached hydrogens (tertiary/aromatic N) is 3. The van der Waals surface area contributed by atoms with Crippen LogP contribution in [0.4, 0.5) is 5.82 Å². The summed E-state index contributed by atoms with van der Waals surface area (Å²) >= 11 is 3.35. The summed E-state index contributed by atoms with van der Waals surface area (Å²) in [7, 11) is 1.61. The first kappa shape index (κ1) is 12.9. The average Bonchev–Trinajstić information content (AvgIpc) is 2.36.